The predicted molar refractivity (Wildman–Crippen MR) is 52.9 cm³/mol. The van der Waals surface area contributed by atoms with Gasteiger partial charge in [-0.15, -0.1) is 12.4 Å². The normalized spacial score (nSPS) is 17.5. The second-order valence-electron chi connectivity index (χ2n) is 3.70. The molecule has 1 aromatic rings. The molecule has 2 rings (SSSR count). The van der Waals surface area contributed by atoms with Gasteiger partial charge >= 0.3 is 0 Å². The minimum absolute atomic E-state index is 0. The van der Waals surface area contributed by atoms with E-state index >= 15 is 0 Å². The van der Waals surface area contributed by atoms with Crippen LogP contribution in [0, 0.1) is 0 Å². The monoisotopic (exact) mass is 184 g/mol. The second-order valence-corrected chi connectivity index (χ2v) is 3.70. The van der Waals surface area contributed by atoms with Crippen molar-refractivity contribution in [3.05, 3.63) is 23.9 Å². The molecule has 2 nitrogen and oxygen atoms in total. The topological polar surface area (TPSA) is 24.9 Å². The molecule has 0 aromatic carbocycles. The molecule has 3 heteroatoms. The van der Waals surface area contributed by atoms with Gasteiger partial charge in [0, 0.05) is 11.7 Å². The Morgan fingerprint density at radius 2 is 2.25 bits per heavy atom. The first-order valence-electron chi connectivity index (χ1n) is 3.89. The number of nitrogens with one attached hydrogen (secondary N) is 1. The van der Waals surface area contributed by atoms with Gasteiger partial charge in [-0.2, -0.15) is 0 Å². The van der Waals surface area contributed by atoms with Gasteiger partial charge in [-0.25, -0.2) is 4.98 Å². The number of hydrogen-bond acceptors (Lipinski definition) is 2. The van der Waals surface area contributed by atoms with Crippen LogP contribution in [0.4, 0.5) is 5.82 Å². The summed E-state index contributed by atoms with van der Waals surface area (Å²) < 4.78 is 0. The molecule has 1 aliphatic heterocycles. The van der Waals surface area contributed by atoms with Crippen LogP contribution < -0.4 is 5.32 Å². The number of halogens is 1. The molecule has 1 aliphatic rings. The summed E-state index contributed by atoms with van der Waals surface area (Å²) >= 11 is 0. The number of rotatable bonds is 0. The molecule has 0 bridgehead atoms. The third-order valence-corrected chi connectivity index (χ3v) is 1.98. The first kappa shape index (κ1) is 9.33. The molecule has 1 aromatic heterocycles. The minimum atomic E-state index is 0. The Balaban J connectivity index is 0.000000720. The van der Waals surface area contributed by atoms with Crippen molar-refractivity contribution < 1.29 is 0 Å². The lowest BCUT2D eigenvalue weighted by Gasteiger charge is -2.17. The van der Waals surface area contributed by atoms with Crippen LogP contribution in [0.15, 0.2) is 18.3 Å². The maximum Gasteiger partial charge on any atom is 0.129 e. The van der Waals surface area contributed by atoms with Gasteiger partial charge in [-0.05, 0) is 31.9 Å². The fraction of sp³-hybridized carbons (Fsp3) is 0.444. The van der Waals surface area contributed by atoms with Crippen molar-refractivity contribution in [2.45, 2.75) is 25.8 Å². The smallest absolute Gasteiger partial charge is 0.129 e. The van der Waals surface area contributed by atoms with E-state index in [0.717, 1.165) is 12.2 Å². The fourth-order valence-corrected chi connectivity index (χ4v) is 1.53. The SMILES string of the molecule is CC1(C)Cc2cccnc2N1.Cl. The molecule has 2 heterocycles. The molecule has 0 unspecified atom stereocenters. The van der Waals surface area contributed by atoms with E-state index in [-0.39, 0.29) is 17.9 Å². The molecule has 0 amide bonds. The first-order valence-corrected chi connectivity index (χ1v) is 3.89. The van der Waals surface area contributed by atoms with Gasteiger partial charge < -0.3 is 5.32 Å². The zero-order chi connectivity index (χ0) is 7.90. The third kappa shape index (κ3) is 1.53. The van der Waals surface area contributed by atoms with Crippen LogP contribution in [0.2, 0.25) is 0 Å². The Hall–Kier alpha value is -0.760. The molecule has 0 saturated heterocycles. The van der Waals surface area contributed by atoms with E-state index in [4.69, 9.17) is 0 Å². The highest BCUT2D eigenvalue weighted by molar-refractivity contribution is 5.85. The van der Waals surface area contributed by atoms with E-state index in [1.807, 2.05) is 12.3 Å². The Morgan fingerprint density at radius 1 is 1.50 bits per heavy atom. The van der Waals surface area contributed by atoms with Gasteiger partial charge in [0.15, 0.2) is 0 Å². The maximum absolute atomic E-state index is 4.24. The summed E-state index contributed by atoms with van der Waals surface area (Å²) in [4.78, 5) is 4.24. The molecular weight excluding hydrogens is 172 g/mol. The van der Waals surface area contributed by atoms with E-state index < -0.39 is 0 Å². The summed E-state index contributed by atoms with van der Waals surface area (Å²) in [5, 5.41) is 3.36. The van der Waals surface area contributed by atoms with Crippen molar-refractivity contribution in [1.82, 2.24) is 4.98 Å². The van der Waals surface area contributed by atoms with Crippen LogP contribution in [0.5, 0.6) is 0 Å². The first-order chi connectivity index (χ1) is 5.17. The lowest BCUT2D eigenvalue weighted by Crippen LogP contribution is -2.27. The number of fused-ring (bicyclic) bond motifs is 1. The Kier molecular flexibility index (Phi) is 2.29. The predicted octanol–water partition coefficient (Wildman–Crippen LogP) is 2.25. The summed E-state index contributed by atoms with van der Waals surface area (Å²) in [5.74, 6) is 1.05. The van der Waals surface area contributed by atoms with Crippen molar-refractivity contribution >= 4 is 18.2 Å². The van der Waals surface area contributed by atoms with Crippen LogP contribution in [0.25, 0.3) is 0 Å². The average Bonchev–Trinajstić information content (AvgIpc) is 2.21. The summed E-state index contributed by atoms with van der Waals surface area (Å²) in [5.41, 5.74) is 1.52. The van der Waals surface area contributed by atoms with Gasteiger partial charge in [-0.3, -0.25) is 0 Å². The number of anilines is 1. The van der Waals surface area contributed by atoms with E-state index in [9.17, 15) is 0 Å². The molecule has 66 valence electrons. The summed E-state index contributed by atoms with van der Waals surface area (Å²) in [6.07, 6.45) is 2.91. The van der Waals surface area contributed by atoms with E-state index in [0.29, 0.717) is 0 Å². The van der Waals surface area contributed by atoms with Crippen molar-refractivity contribution in [1.29, 1.82) is 0 Å². The third-order valence-electron chi connectivity index (χ3n) is 1.98. The van der Waals surface area contributed by atoms with Gasteiger partial charge in [0.2, 0.25) is 0 Å². The number of nitrogens with zero attached hydrogens (tertiary/aromatic N) is 1. The van der Waals surface area contributed by atoms with Gasteiger partial charge in [0.1, 0.15) is 5.82 Å². The Labute approximate surface area is 78.8 Å². The van der Waals surface area contributed by atoms with Crippen molar-refractivity contribution in [3.8, 4) is 0 Å². The Morgan fingerprint density at radius 3 is 2.92 bits per heavy atom. The second kappa shape index (κ2) is 2.94. The van der Waals surface area contributed by atoms with Crippen LogP contribution in [-0.4, -0.2) is 10.5 Å². The van der Waals surface area contributed by atoms with Crippen molar-refractivity contribution in [3.63, 3.8) is 0 Å². The van der Waals surface area contributed by atoms with E-state index in [1.165, 1.54) is 5.56 Å². The highest BCUT2D eigenvalue weighted by Crippen LogP contribution is 2.29. The van der Waals surface area contributed by atoms with Gasteiger partial charge in [0.05, 0.1) is 0 Å². The number of hydrogen-bond donors (Lipinski definition) is 1. The fourth-order valence-electron chi connectivity index (χ4n) is 1.53. The molecule has 0 saturated carbocycles. The molecule has 0 atom stereocenters. The van der Waals surface area contributed by atoms with Crippen LogP contribution in [0.3, 0.4) is 0 Å². The van der Waals surface area contributed by atoms with E-state index in [1.54, 1.807) is 0 Å². The van der Waals surface area contributed by atoms with Crippen molar-refractivity contribution in [2.24, 2.45) is 0 Å². The maximum atomic E-state index is 4.24. The zero-order valence-electron chi connectivity index (χ0n) is 7.29. The molecule has 1 N–H and O–H groups in total. The quantitative estimate of drug-likeness (QED) is 0.669. The van der Waals surface area contributed by atoms with E-state index in [2.05, 4.69) is 30.2 Å². The molecule has 0 fully saturated rings. The van der Waals surface area contributed by atoms with Crippen LogP contribution >= 0.6 is 12.4 Å². The molecule has 12 heavy (non-hydrogen) atoms. The molecule has 0 radical (unpaired) electrons. The molecular formula is C9H13ClN2. The summed E-state index contributed by atoms with van der Waals surface area (Å²) in [7, 11) is 0. The van der Waals surface area contributed by atoms with Crippen LogP contribution in [0.1, 0.15) is 19.4 Å². The lowest BCUT2D eigenvalue weighted by atomic mass is 10.0. The van der Waals surface area contributed by atoms with Gasteiger partial charge in [0.25, 0.3) is 0 Å². The largest absolute Gasteiger partial charge is 0.365 e. The van der Waals surface area contributed by atoms with Gasteiger partial charge in [-0.1, -0.05) is 6.07 Å². The summed E-state index contributed by atoms with van der Waals surface area (Å²) in [6.45, 7) is 4.38. The lowest BCUT2D eigenvalue weighted by molar-refractivity contribution is 0.593. The zero-order valence-corrected chi connectivity index (χ0v) is 8.11. The standard InChI is InChI=1S/C9H12N2.ClH/c1-9(2)6-7-4-3-5-10-8(7)11-9;/h3-5H,6H2,1-2H3,(H,10,11);1H. The van der Waals surface area contributed by atoms with Crippen molar-refractivity contribution in [2.75, 3.05) is 5.32 Å². The molecule has 0 aliphatic carbocycles. The Bertz CT molecular complexity index is 257. The molecule has 0 spiro atoms. The number of aromatic nitrogens is 1. The highest BCUT2D eigenvalue weighted by atomic mass is 35.5. The summed E-state index contributed by atoms with van der Waals surface area (Å²) in [6, 6.07) is 4.12. The minimum Gasteiger partial charge on any atom is -0.365 e. The highest BCUT2D eigenvalue weighted by Gasteiger charge is 2.27. The van der Waals surface area contributed by atoms with Crippen LogP contribution in [-0.2, 0) is 6.42 Å². The number of pyridine rings is 1. The average molecular weight is 185 g/mol.